The number of nitrogens with one attached hydrogen (secondary N) is 2. The quantitative estimate of drug-likeness (QED) is 0.760. The van der Waals surface area contributed by atoms with Crippen molar-refractivity contribution in [3.8, 4) is 0 Å². The number of carbonyl (C=O) groups is 2. The minimum Gasteiger partial charge on any atom is -0.336 e. The molecule has 3 amide bonds. The second-order valence-corrected chi connectivity index (χ2v) is 6.34. The van der Waals surface area contributed by atoms with Crippen molar-refractivity contribution in [2.45, 2.75) is 6.42 Å². The van der Waals surface area contributed by atoms with Crippen molar-refractivity contribution in [1.82, 2.24) is 5.32 Å². The van der Waals surface area contributed by atoms with E-state index in [9.17, 15) is 9.59 Å². The van der Waals surface area contributed by atoms with Gasteiger partial charge in [0.1, 0.15) is 0 Å². The maximum Gasteiger partial charge on any atom is 0.321 e. The van der Waals surface area contributed by atoms with Crippen LogP contribution in [0.1, 0.15) is 5.56 Å². The van der Waals surface area contributed by atoms with Crippen LogP contribution in [0.25, 0.3) is 10.8 Å². The standard InChI is InChI=1S/C21H19N3O2/c25-20(14-15-5-6-16-3-1-2-4-17(16)13-15)23-18-7-9-19(10-8-18)24-12-11-22-21(24)26/h1-10,13H,11-12,14H2,(H,22,26)(H,23,25). The van der Waals surface area contributed by atoms with E-state index in [0.29, 0.717) is 19.5 Å². The van der Waals surface area contributed by atoms with E-state index >= 15 is 0 Å². The summed E-state index contributed by atoms with van der Waals surface area (Å²) in [6.07, 6.45) is 0.321. The number of carbonyl (C=O) groups excluding carboxylic acids is 2. The fourth-order valence-electron chi connectivity index (χ4n) is 3.18. The molecule has 5 heteroatoms. The molecule has 1 saturated heterocycles. The van der Waals surface area contributed by atoms with Crippen LogP contribution in [0.2, 0.25) is 0 Å². The maximum atomic E-state index is 12.3. The molecule has 0 saturated carbocycles. The van der Waals surface area contributed by atoms with Gasteiger partial charge in [-0.1, -0.05) is 42.5 Å². The van der Waals surface area contributed by atoms with Crippen LogP contribution in [-0.2, 0) is 11.2 Å². The van der Waals surface area contributed by atoms with Gasteiger partial charge in [0.15, 0.2) is 0 Å². The minimum absolute atomic E-state index is 0.0630. The average molecular weight is 345 g/mol. The fraction of sp³-hybridized carbons (Fsp3) is 0.143. The molecule has 0 radical (unpaired) electrons. The highest BCUT2D eigenvalue weighted by Gasteiger charge is 2.20. The molecular formula is C21H19N3O2. The molecule has 0 aliphatic carbocycles. The first kappa shape index (κ1) is 16.1. The Morgan fingerprint density at radius 1 is 1.00 bits per heavy atom. The molecule has 130 valence electrons. The van der Waals surface area contributed by atoms with E-state index in [4.69, 9.17) is 0 Å². The van der Waals surface area contributed by atoms with E-state index < -0.39 is 0 Å². The van der Waals surface area contributed by atoms with Crippen molar-refractivity contribution in [3.63, 3.8) is 0 Å². The van der Waals surface area contributed by atoms with Crippen LogP contribution in [-0.4, -0.2) is 25.0 Å². The first-order valence-corrected chi connectivity index (χ1v) is 8.62. The van der Waals surface area contributed by atoms with Crippen LogP contribution >= 0.6 is 0 Å². The Kier molecular flexibility index (Phi) is 4.27. The lowest BCUT2D eigenvalue weighted by Crippen LogP contribution is -2.27. The van der Waals surface area contributed by atoms with Gasteiger partial charge in [0.25, 0.3) is 0 Å². The Morgan fingerprint density at radius 2 is 1.77 bits per heavy atom. The minimum atomic E-state index is -0.0851. The van der Waals surface area contributed by atoms with Gasteiger partial charge in [-0.05, 0) is 40.6 Å². The molecule has 0 spiro atoms. The number of nitrogens with zero attached hydrogens (tertiary/aromatic N) is 1. The molecule has 3 aromatic rings. The molecule has 0 unspecified atom stereocenters. The van der Waals surface area contributed by atoms with Gasteiger partial charge in [0, 0.05) is 24.5 Å². The van der Waals surface area contributed by atoms with E-state index in [-0.39, 0.29) is 11.9 Å². The average Bonchev–Trinajstić information content (AvgIpc) is 3.08. The van der Waals surface area contributed by atoms with Crippen LogP contribution in [0.5, 0.6) is 0 Å². The van der Waals surface area contributed by atoms with Gasteiger partial charge in [-0.3, -0.25) is 9.69 Å². The molecule has 1 heterocycles. The highest BCUT2D eigenvalue weighted by molar-refractivity contribution is 5.95. The van der Waals surface area contributed by atoms with Crippen molar-refractivity contribution >= 4 is 34.1 Å². The molecule has 0 atom stereocenters. The van der Waals surface area contributed by atoms with Crippen LogP contribution in [0.15, 0.2) is 66.7 Å². The molecule has 0 bridgehead atoms. The monoisotopic (exact) mass is 345 g/mol. The molecule has 4 rings (SSSR count). The summed E-state index contributed by atoms with van der Waals surface area (Å²) in [5, 5.41) is 7.98. The largest absolute Gasteiger partial charge is 0.336 e. The van der Waals surface area contributed by atoms with E-state index in [1.807, 2.05) is 60.7 Å². The van der Waals surface area contributed by atoms with Crippen LogP contribution < -0.4 is 15.5 Å². The Bertz CT molecular complexity index is 966. The first-order valence-electron chi connectivity index (χ1n) is 8.62. The van der Waals surface area contributed by atoms with E-state index in [0.717, 1.165) is 27.7 Å². The number of benzene rings is 3. The highest BCUT2D eigenvalue weighted by Crippen LogP contribution is 2.20. The second-order valence-electron chi connectivity index (χ2n) is 6.34. The summed E-state index contributed by atoms with van der Waals surface area (Å²) in [6.45, 7) is 1.32. The third-order valence-electron chi connectivity index (χ3n) is 4.50. The van der Waals surface area contributed by atoms with Gasteiger partial charge in [0.2, 0.25) is 5.91 Å². The summed E-state index contributed by atoms with van der Waals surface area (Å²) < 4.78 is 0. The van der Waals surface area contributed by atoms with Gasteiger partial charge in [-0.25, -0.2) is 4.79 Å². The Labute approximate surface area is 151 Å². The van der Waals surface area contributed by atoms with Crippen molar-refractivity contribution in [2.24, 2.45) is 0 Å². The van der Waals surface area contributed by atoms with Crippen molar-refractivity contribution in [2.75, 3.05) is 23.3 Å². The number of fused-ring (bicyclic) bond motifs is 1. The SMILES string of the molecule is O=C(Cc1ccc2ccccc2c1)Nc1ccc(N2CCNC2=O)cc1. The molecule has 2 N–H and O–H groups in total. The number of anilines is 2. The van der Waals surface area contributed by atoms with E-state index in [1.54, 1.807) is 4.90 Å². The maximum absolute atomic E-state index is 12.3. The van der Waals surface area contributed by atoms with E-state index in [1.165, 1.54) is 0 Å². The number of hydrogen-bond donors (Lipinski definition) is 2. The smallest absolute Gasteiger partial charge is 0.321 e. The zero-order valence-corrected chi connectivity index (χ0v) is 14.2. The topological polar surface area (TPSA) is 61.4 Å². The molecule has 1 aliphatic rings. The first-order chi connectivity index (χ1) is 12.7. The Morgan fingerprint density at radius 3 is 2.50 bits per heavy atom. The third-order valence-corrected chi connectivity index (χ3v) is 4.50. The lowest BCUT2D eigenvalue weighted by Gasteiger charge is -2.14. The second kappa shape index (κ2) is 6.88. The van der Waals surface area contributed by atoms with Crippen molar-refractivity contribution < 1.29 is 9.59 Å². The summed E-state index contributed by atoms with van der Waals surface area (Å²) in [5.74, 6) is -0.0630. The van der Waals surface area contributed by atoms with Crippen LogP contribution in [0.4, 0.5) is 16.2 Å². The lowest BCUT2D eigenvalue weighted by molar-refractivity contribution is -0.115. The normalized spacial score (nSPS) is 13.7. The van der Waals surface area contributed by atoms with Gasteiger partial charge in [0.05, 0.1) is 6.42 Å². The molecule has 1 aliphatic heterocycles. The van der Waals surface area contributed by atoms with Crippen LogP contribution in [0.3, 0.4) is 0 Å². The molecule has 5 nitrogen and oxygen atoms in total. The van der Waals surface area contributed by atoms with Crippen molar-refractivity contribution in [1.29, 1.82) is 0 Å². The number of hydrogen-bond acceptors (Lipinski definition) is 2. The van der Waals surface area contributed by atoms with Gasteiger partial charge in [-0.15, -0.1) is 0 Å². The molecule has 26 heavy (non-hydrogen) atoms. The predicted molar refractivity (Wildman–Crippen MR) is 103 cm³/mol. The third kappa shape index (κ3) is 3.37. The Hall–Kier alpha value is -3.34. The highest BCUT2D eigenvalue weighted by atomic mass is 16.2. The number of rotatable bonds is 4. The molecule has 3 aromatic carbocycles. The van der Waals surface area contributed by atoms with Gasteiger partial charge < -0.3 is 10.6 Å². The van der Waals surface area contributed by atoms with Gasteiger partial charge in [-0.2, -0.15) is 0 Å². The fourth-order valence-corrected chi connectivity index (χ4v) is 3.18. The predicted octanol–water partition coefficient (Wildman–Crippen LogP) is 3.55. The zero-order chi connectivity index (χ0) is 17.9. The molecule has 1 fully saturated rings. The van der Waals surface area contributed by atoms with Crippen LogP contribution in [0, 0.1) is 0 Å². The van der Waals surface area contributed by atoms with E-state index in [2.05, 4.69) is 16.7 Å². The number of urea groups is 1. The number of amides is 3. The van der Waals surface area contributed by atoms with Gasteiger partial charge >= 0.3 is 6.03 Å². The molecule has 0 aromatic heterocycles. The Balaban J connectivity index is 1.41. The summed E-state index contributed by atoms with van der Waals surface area (Å²) in [7, 11) is 0. The lowest BCUT2D eigenvalue weighted by atomic mass is 10.0. The summed E-state index contributed by atoms with van der Waals surface area (Å²) >= 11 is 0. The summed E-state index contributed by atoms with van der Waals surface area (Å²) in [5.41, 5.74) is 2.53. The summed E-state index contributed by atoms with van der Waals surface area (Å²) in [6, 6.07) is 21.4. The van der Waals surface area contributed by atoms with Crippen molar-refractivity contribution in [3.05, 3.63) is 72.3 Å². The zero-order valence-electron chi connectivity index (χ0n) is 14.2. The summed E-state index contributed by atoms with van der Waals surface area (Å²) in [4.78, 5) is 25.7. The molecular weight excluding hydrogens is 326 g/mol.